The van der Waals surface area contributed by atoms with Crippen LogP contribution in [0.1, 0.15) is 41.3 Å². The van der Waals surface area contributed by atoms with Crippen LogP contribution >= 0.6 is 0 Å². The Morgan fingerprint density at radius 2 is 2.00 bits per heavy atom. The van der Waals surface area contributed by atoms with Crippen molar-refractivity contribution in [3.8, 4) is 0 Å². The zero-order valence-corrected chi connectivity index (χ0v) is 16.1. The molecule has 0 bridgehead atoms. The molecule has 27 heavy (non-hydrogen) atoms. The quantitative estimate of drug-likeness (QED) is 0.823. The van der Waals surface area contributed by atoms with Crippen LogP contribution in [-0.2, 0) is 22.7 Å². The number of benzene rings is 1. The lowest BCUT2D eigenvalue weighted by molar-refractivity contribution is -0.145. The van der Waals surface area contributed by atoms with Gasteiger partial charge in [0.2, 0.25) is 5.91 Å². The molecule has 8 nitrogen and oxygen atoms in total. The number of carbonyl (C=O) groups is 2. The minimum Gasteiger partial charge on any atom is -0.480 e. The van der Waals surface area contributed by atoms with Crippen LogP contribution in [0.5, 0.6) is 0 Å². The first-order valence-corrected chi connectivity index (χ1v) is 8.98. The van der Waals surface area contributed by atoms with E-state index < -0.39 is 12.0 Å². The molecule has 144 valence electrons. The summed E-state index contributed by atoms with van der Waals surface area (Å²) in [4.78, 5) is 25.9. The SMILES string of the molecule is Cc1ccc(C(C)NC(=O)CN2Cc3nnc(C)n3CC2C(=O)O)cc1C. The van der Waals surface area contributed by atoms with Gasteiger partial charge in [0.25, 0.3) is 0 Å². The fourth-order valence-corrected chi connectivity index (χ4v) is 3.35. The van der Waals surface area contributed by atoms with Gasteiger partial charge in [0.05, 0.1) is 25.7 Å². The van der Waals surface area contributed by atoms with E-state index in [1.165, 1.54) is 11.1 Å². The third-order valence-electron chi connectivity index (χ3n) is 5.19. The summed E-state index contributed by atoms with van der Waals surface area (Å²) in [6, 6.07) is 5.16. The number of fused-ring (bicyclic) bond motifs is 1. The lowest BCUT2D eigenvalue weighted by Gasteiger charge is -2.33. The fraction of sp³-hybridized carbons (Fsp3) is 0.474. The van der Waals surface area contributed by atoms with Crippen LogP contribution in [0.4, 0.5) is 0 Å². The molecule has 0 aliphatic carbocycles. The Labute approximate surface area is 158 Å². The lowest BCUT2D eigenvalue weighted by atomic mass is 10.0. The molecule has 2 atom stereocenters. The molecule has 2 N–H and O–H groups in total. The van der Waals surface area contributed by atoms with E-state index in [4.69, 9.17) is 0 Å². The fourth-order valence-electron chi connectivity index (χ4n) is 3.35. The summed E-state index contributed by atoms with van der Waals surface area (Å²) in [7, 11) is 0. The summed E-state index contributed by atoms with van der Waals surface area (Å²) in [5.41, 5.74) is 3.40. The number of carbonyl (C=O) groups excluding carboxylic acids is 1. The van der Waals surface area contributed by atoms with Gasteiger partial charge < -0.3 is 15.0 Å². The number of nitrogens with zero attached hydrogens (tertiary/aromatic N) is 4. The maximum absolute atomic E-state index is 12.5. The molecular formula is C19H25N5O3. The molecule has 2 heterocycles. The summed E-state index contributed by atoms with van der Waals surface area (Å²) in [6.07, 6.45) is 0. The van der Waals surface area contributed by atoms with Crippen molar-refractivity contribution in [2.75, 3.05) is 6.54 Å². The highest BCUT2D eigenvalue weighted by Gasteiger charge is 2.34. The van der Waals surface area contributed by atoms with E-state index in [9.17, 15) is 14.7 Å². The van der Waals surface area contributed by atoms with E-state index in [0.717, 1.165) is 5.56 Å². The van der Waals surface area contributed by atoms with E-state index in [-0.39, 0.29) is 31.6 Å². The second kappa shape index (κ2) is 7.48. The third kappa shape index (κ3) is 4.00. The Kier molecular flexibility index (Phi) is 5.27. The summed E-state index contributed by atoms with van der Waals surface area (Å²) < 4.78 is 1.80. The first-order valence-electron chi connectivity index (χ1n) is 8.98. The number of hydrogen-bond acceptors (Lipinski definition) is 5. The maximum Gasteiger partial charge on any atom is 0.322 e. The van der Waals surface area contributed by atoms with Crippen molar-refractivity contribution in [2.45, 2.75) is 52.9 Å². The van der Waals surface area contributed by atoms with Crippen molar-refractivity contribution < 1.29 is 14.7 Å². The topological polar surface area (TPSA) is 100 Å². The van der Waals surface area contributed by atoms with Crippen molar-refractivity contribution in [3.05, 3.63) is 46.5 Å². The average Bonchev–Trinajstić information content (AvgIpc) is 2.96. The minimum atomic E-state index is -0.955. The molecule has 2 unspecified atom stereocenters. The van der Waals surface area contributed by atoms with E-state index in [2.05, 4.69) is 21.6 Å². The number of aryl methyl sites for hydroxylation is 3. The van der Waals surface area contributed by atoms with Crippen LogP contribution in [0.2, 0.25) is 0 Å². The van der Waals surface area contributed by atoms with Gasteiger partial charge in [0.1, 0.15) is 17.7 Å². The smallest absolute Gasteiger partial charge is 0.322 e. The molecule has 0 radical (unpaired) electrons. The zero-order chi connectivity index (χ0) is 19.7. The van der Waals surface area contributed by atoms with Crippen molar-refractivity contribution in [2.24, 2.45) is 0 Å². The maximum atomic E-state index is 12.5. The predicted octanol–water partition coefficient (Wildman–Crippen LogP) is 1.35. The number of carboxylic acid groups (broad SMARTS) is 1. The van der Waals surface area contributed by atoms with Crippen molar-refractivity contribution in [1.82, 2.24) is 25.0 Å². The minimum absolute atomic E-state index is 0.00193. The van der Waals surface area contributed by atoms with Gasteiger partial charge in [-0.05, 0) is 44.4 Å². The van der Waals surface area contributed by atoms with Crippen molar-refractivity contribution in [1.29, 1.82) is 0 Å². The Morgan fingerprint density at radius 1 is 1.26 bits per heavy atom. The molecule has 1 aliphatic rings. The number of aromatic nitrogens is 3. The van der Waals surface area contributed by atoms with Gasteiger partial charge in [0, 0.05) is 0 Å². The van der Waals surface area contributed by atoms with E-state index in [1.807, 2.05) is 32.9 Å². The molecule has 2 aromatic rings. The van der Waals surface area contributed by atoms with E-state index >= 15 is 0 Å². The first-order chi connectivity index (χ1) is 12.8. The van der Waals surface area contributed by atoms with Gasteiger partial charge in [0.15, 0.2) is 0 Å². The number of aliphatic carboxylic acids is 1. The highest BCUT2D eigenvalue weighted by Crippen LogP contribution is 2.19. The number of hydrogen-bond donors (Lipinski definition) is 2. The zero-order valence-electron chi connectivity index (χ0n) is 16.1. The van der Waals surface area contributed by atoms with Crippen LogP contribution in [-0.4, -0.2) is 49.2 Å². The van der Waals surface area contributed by atoms with Crippen molar-refractivity contribution >= 4 is 11.9 Å². The molecule has 1 aliphatic heterocycles. The van der Waals surface area contributed by atoms with Crippen LogP contribution in [0.25, 0.3) is 0 Å². The van der Waals surface area contributed by atoms with E-state index in [0.29, 0.717) is 11.6 Å². The molecule has 1 aromatic heterocycles. The van der Waals surface area contributed by atoms with Gasteiger partial charge in [-0.2, -0.15) is 0 Å². The van der Waals surface area contributed by atoms with Gasteiger partial charge in [-0.1, -0.05) is 18.2 Å². The monoisotopic (exact) mass is 371 g/mol. The normalized spacial score (nSPS) is 18.0. The number of amides is 1. The predicted molar refractivity (Wildman–Crippen MR) is 99.1 cm³/mol. The molecule has 0 spiro atoms. The van der Waals surface area contributed by atoms with Crippen molar-refractivity contribution in [3.63, 3.8) is 0 Å². The summed E-state index contributed by atoms with van der Waals surface area (Å²) in [5, 5.41) is 20.6. The summed E-state index contributed by atoms with van der Waals surface area (Å²) in [5.74, 6) is 0.198. The second-order valence-electron chi connectivity index (χ2n) is 7.17. The Balaban J connectivity index is 1.68. The average molecular weight is 371 g/mol. The van der Waals surface area contributed by atoms with Crippen LogP contribution in [0.3, 0.4) is 0 Å². The Hall–Kier alpha value is -2.74. The Morgan fingerprint density at radius 3 is 2.67 bits per heavy atom. The third-order valence-corrected chi connectivity index (χ3v) is 5.19. The second-order valence-corrected chi connectivity index (χ2v) is 7.17. The molecule has 1 aromatic carbocycles. The molecule has 0 saturated heterocycles. The molecular weight excluding hydrogens is 346 g/mol. The number of nitrogens with one attached hydrogen (secondary N) is 1. The molecule has 0 fully saturated rings. The lowest BCUT2D eigenvalue weighted by Crippen LogP contribution is -2.51. The molecule has 3 rings (SSSR count). The van der Waals surface area contributed by atoms with E-state index in [1.54, 1.807) is 16.4 Å². The van der Waals surface area contributed by atoms with Gasteiger partial charge >= 0.3 is 5.97 Å². The van der Waals surface area contributed by atoms with Crippen LogP contribution in [0, 0.1) is 20.8 Å². The van der Waals surface area contributed by atoms with Crippen LogP contribution in [0.15, 0.2) is 18.2 Å². The molecule has 8 heteroatoms. The van der Waals surface area contributed by atoms with Gasteiger partial charge in [-0.15, -0.1) is 10.2 Å². The highest BCUT2D eigenvalue weighted by molar-refractivity contribution is 5.80. The first kappa shape index (κ1) is 19.0. The Bertz CT molecular complexity index is 876. The highest BCUT2D eigenvalue weighted by atomic mass is 16.4. The number of rotatable bonds is 5. The van der Waals surface area contributed by atoms with Gasteiger partial charge in [-0.25, -0.2) is 0 Å². The standard InChI is InChI=1S/C19H25N5O3/c1-11-5-6-15(7-12(11)2)13(3)20-18(25)10-23-9-17-22-21-14(4)24(17)8-16(23)19(26)27/h5-7,13,16H,8-10H2,1-4H3,(H,20,25)(H,26,27). The summed E-state index contributed by atoms with van der Waals surface area (Å²) in [6.45, 7) is 8.32. The van der Waals surface area contributed by atoms with Crippen LogP contribution < -0.4 is 5.32 Å². The summed E-state index contributed by atoms with van der Waals surface area (Å²) >= 11 is 0. The molecule has 1 amide bonds. The van der Waals surface area contributed by atoms with Gasteiger partial charge in [-0.3, -0.25) is 14.5 Å². The largest absolute Gasteiger partial charge is 0.480 e. The molecule has 0 saturated carbocycles. The number of carboxylic acids is 1.